The van der Waals surface area contributed by atoms with Gasteiger partial charge in [-0.25, -0.2) is 4.79 Å². The number of ether oxygens (including phenoxy) is 3. The Bertz CT molecular complexity index is 1100. The van der Waals surface area contributed by atoms with E-state index in [9.17, 15) is 34.8 Å². The van der Waals surface area contributed by atoms with Crippen LogP contribution in [0, 0.1) is 52.3 Å². The molecule has 2 heterocycles. The van der Waals surface area contributed by atoms with Gasteiger partial charge in [-0.2, -0.15) is 0 Å². The lowest BCUT2D eigenvalue weighted by atomic mass is 9.44. The number of ketones is 1. The number of fused-ring (bicyclic) bond motifs is 7. The van der Waals surface area contributed by atoms with Crippen molar-refractivity contribution in [1.82, 2.24) is 0 Å². The van der Waals surface area contributed by atoms with Gasteiger partial charge in [0.05, 0.1) is 12.7 Å². The van der Waals surface area contributed by atoms with Gasteiger partial charge in [0.25, 0.3) is 0 Å². The summed E-state index contributed by atoms with van der Waals surface area (Å²) < 4.78 is 18.8. The molecule has 10 heteroatoms. The van der Waals surface area contributed by atoms with Crippen LogP contribution in [-0.4, -0.2) is 87.5 Å². The fourth-order valence-electron chi connectivity index (χ4n) is 10.9. The SMILES string of the molecule is C[C@@H]1CC[C@@]2(OC1)O[C@H]1C[C@H]3[C@@H]4CC[C@H]5C[C@@H](OC(=O)[C@@H](O)[C@@H](O)[C@H](O)[C@@H](O)C=O)CC[C@]5(C)[C@H]4CC(=O)[C@]3(C)[C@H]1[C@@H]2C. The predicted molar refractivity (Wildman–Crippen MR) is 152 cm³/mol. The maximum Gasteiger partial charge on any atom is 0.338 e. The number of aliphatic hydroxyl groups is 4. The summed E-state index contributed by atoms with van der Waals surface area (Å²) >= 11 is 0. The minimum atomic E-state index is -2.09. The number of rotatable bonds is 6. The molecule has 6 aliphatic rings. The molecule has 0 bridgehead atoms. The van der Waals surface area contributed by atoms with E-state index in [1.807, 2.05) is 0 Å². The number of esters is 1. The first kappa shape index (κ1) is 31.5. The molecule has 2 aliphatic heterocycles. The van der Waals surface area contributed by atoms with Crippen molar-refractivity contribution in [2.75, 3.05) is 6.61 Å². The number of aldehydes is 1. The van der Waals surface area contributed by atoms with Crippen LogP contribution in [0.4, 0.5) is 0 Å². The third-order valence-electron chi connectivity index (χ3n) is 13.4. The molecule has 6 rings (SSSR count). The fourth-order valence-corrected chi connectivity index (χ4v) is 10.9. The van der Waals surface area contributed by atoms with Crippen LogP contribution in [-0.2, 0) is 28.6 Å². The Hall–Kier alpha value is -1.43. The van der Waals surface area contributed by atoms with Crippen molar-refractivity contribution in [3.63, 3.8) is 0 Å². The average Bonchev–Trinajstić information content (AvgIpc) is 3.44. The zero-order chi connectivity index (χ0) is 31.1. The maximum atomic E-state index is 14.3. The smallest absolute Gasteiger partial charge is 0.338 e. The lowest BCUT2D eigenvalue weighted by Crippen LogP contribution is -2.58. The van der Waals surface area contributed by atoms with E-state index in [1.54, 1.807) is 0 Å². The third-order valence-corrected chi connectivity index (χ3v) is 13.4. The molecule has 242 valence electrons. The van der Waals surface area contributed by atoms with Crippen molar-refractivity contribution >= 4 is 18.0 Å². The second kappa shape index (κ2) is 11.1. The van der Waals surface area contributed by atoms with Gasteiger partial charge in [-0.05, 0) is 80.0 Å². The molecule has 0 aromatic heterocycles. The van der Waals surface area contributed by atoms with Gasteiger partial charge < -0.3 is 39.4 Å². The van der Waals surface area contributed by atoms with Gasteiger partial charge in [0, 0.05) is 30.1 Å². The maximum absolute atomic E-state index is 14.3. The van der Waals surface area contributed by atoms with Gasteiger partial charge in [0.2, 0.25) is 0 Å². The van der Waals surface area contributed by atoms with Crippen molar-refractivity contribution in [3.8, 4) is 0 Å². The van der Waals surface area contributed by atoms with E-state index in [0.717, 1.165) is 38.5 Å². The Labute approximate surface area is 253 Å². The van der Waals surface area contributed by atoms with E-state index in [4.69, 9.17) is 14.2 Å². The Morgan fingerprint density at radius 3 is 2.42 bits per heavy atom. The predicted octanol–water partition coefficient (Wildman–Crippen LogP) is 2.17. The summed E-state index contributed by atoms with van der Waals surface area (Å²) in [5.74, 6) is 0.843. The van der Waals surface area contributed by atoms with E-state index in [0.29, 0.717) is 43.5 Å². The Kier molecular flexibility index (Phi) is 8.16. The van der Waals surface area contributed by atoms with Crippen molar-refractivity contribution in [1.29, 1.82) is 0 Å². The summed E-state index contributed by atoms with van der Waals surface area (Å²) in [6.45, 7) is 9.70. The van der Waals surface area contributed by atoms with E-state index in [1.165, 1.54) is 0 Å². The quantitative estimate of drug-likeness (QED) is 0.261. The molecule has 0 unspecified atom stereocenters. The molecule has 4 saturated carbocycles. The highest BCUT2D eigenvalue weighted by molar-refractivity contribution is 5.87. The van der Waals surface area contributed by atoms with Gasteiger partial charge in [-0.15, -0.1) is 0 Å². The van der Waals surface area contributed by atoms with Crippen molar-refractivity contribution in [2.45, 2.75) is 128 Å². The summed E-state index contributed by atoms with van der Waals surface area (Å²) in [5, 5.41) is 39.5. The normalized spacial score (nSPS) is 50.0. The standard InChI is InChI=1S/C33H50O10/c1-16-7-10-33(41-15-16)17(2)26-24(43-33)12-22-20-6-5-18-11-19(42-30(40)29(39)28(38)27(37)23(35)14-34)8-9-31(18,3)21(20)13-25(36)32(22,26)4/h14,16-24,26-29,35,37-39H,5-13,15H2,1-4H3/t16-,17+,18+,19+,20-,21+,22+,23+,24+,26+,27-,28+,29+,31+,32-,33-/m1/s1. The van der Waals surface area contributed by atoms with Crippen LogP contribution in [0.3, 0.4) is 0 Å². The average molecular weight is 607 g/mol. The highest BCUT2D eigenvalue weighted by Crippen LogP contribution is 2.70. The first-order valence-electron chi connectivity index (χ1n) is 16.5. The van der Waals surface area contributed by atoms with E-state index in [2.05, 4.69) is 27.7 Å². The number of carbonyl (C=O) groups excluding carboxylic acids is 3. The highest BCUT2D eigenvalue weighted by atomic mass is 16.7. The van der Waals surface area contributed by atoms with Crippen LogP contribution in [0.2, 0.25) is 0 Å². The van der Waals surface area contributed by atoms with E-state index in [-0.39, 0.29) is 47.4 Å². The number of carbonyl (C=O) groups is 3. The number of hydrogen-bond acceptors (Lipinski definition) is 10. The lowest BCUT2D eigenvalue weighted by molar-refractivity contribution is -0.272. The molecule has 0 aromatic carbocycles. The fraction of sp³-hybridized carbons (Fsp3) is 0.909. The first-order chi connectivity index (χ1) is 20.3. The third kappa shape index (κ3) is 4.76. The molecule has 6 fully saturated rings. The Morgan fingerprint density at radius 2 is 1.74 bits per heavy atom. The van der Waals surface area contributed by atoms with Crippen molar-refractivity contribution in [2.24, 2.45) is 52.3 Å². The molecule has 4 N–H and O–H groups in total. The number of Topliss-reactive ketones (excluding diaryl/α,β-unsaturated/α-hetero) is 1. The molecule has 2 saturated heterocycles. The summed E-state index contributed by atoms with van der Waals surface area (Å²) in [7, 11) is 0. The van der Waals surface area contributed by atoms with Crippen molar-refractivity contribution < 1.29 is 49.0 Å². The number of hydrogen-bond donors (Lipinski definition) is 4. The van der Waals surface area contributed by atoms with Crippen LogP contribution in [0.1, 0.15) is 85.5 Å². The molecule has 4 aliphatic carbocycles. The monoisotopic (exact) mass is 606 g/mol. The minimum Gasteiger partial charge on any atom is -0.460 e. The molecule has 0 aromatic rings. The Morgan fingerprint density at radius 1 is 1.00 bits per heavy atom. The van der Waals surface area contributed by atoms with Crippen LogP contribution in [0.5, 0.6) is 0 Å². The second-order valence-electron chi connectivity index (χ2n) is 15.4. The second-order valence-corrected chi connectivity index (χ2v) is 15.4. The minimum absolute atomic E-state index is 0.0242. The topological polar surface area (TPSA) is 160 Å². The summed E-state index contributed by atoms with van der Waals surface area (Å²) in [5.41, 5.74) is -0.477. The zero-order valence-corrected chi connectivity index (χ0v) is 25.9. The van der Waals surface area contributed by atoms with Gasteiger partial charge in [-0.3, -0.25) is 4.79 Å². The van der Waals surface area contributed by atoms with Crippen LogP contribution in [0.15, 0.2) is 0 Å². The summed E-state index contributed by atoms with van der Waals surface area (Å²) in [6.07, 6.45) is -1.06. The van der Waals surface area contributed by atoms with Gasteiger partial charge in [0.15, 0.2) is 18.2 Å². The molecular formula is C33H50O10. The molecular weight excluding hydrogens is 556 g/mol. The molecule has 16 atom stereocenters. The lowest BCUT2D eigenvalue weighted by Gasteiger charge is -2.60. The highest BCUT2D eigenvalue weighted by Gasteiger charge is 2.71. The largest absolute Gasteiger partial charge is 0.460 e. The van der Waals surface area contributed by atoms with Crippen LogP contribution in [0.25, 0.3) is 0 Å². The first-order valence-corrected chi connectivity index (χ1v) is 16.5. The molecule has 1 spiro atoms. The number of aliphatic hydroxyl groups excluding tert-OH is 4. The molecule has 43 heavy (non-hydrogen) atoms. The molecule has 0 radical (unpaired) electrons. The van der Waals surface area contributed by atoms with E-state index < -0.39 is 47.7 Å². The van der Waals surface area contributed by atoms with Crippen LogP contribution < -0.4 is 0 Å². The van der Waals surface area contributed by atoms with Gasteiger partial charge >= 0.3 is 5.97 Å². The van der Waals surface area contributed by atoms with Crippen LogP contribution >= 0.6 is 0 Å². The summed E-state index contributed by atoms with van der Waals surface area (Å²) in [4.78, 5) is 37.6. The Balaban J connectivity index is 1.13. The molecule has 0 amide bonds. The van der Waals surface area contributed by atoms with E-state index >= 15 is 0 Å². The summed E-state index contributed by atoms with van der Waals surface area (Å²) in [6, 6.07) is 0. The molecule has 10 nitrogen and oxygen atoms in total. The van der Waals surface area contributed by atoms with Crippen molar-refractivity contribution in [3.05, 3.63) is 0 Å². The van der Waals surface area contributed by atoms with Gasteiger partial charge in [-0.1, -0.05) is 27.7 Å². The zero-order valence-electron chi connectivity index (χ0n) is 25.9. The van der Waals surface area contributed by atoms with Gasteiger partial charge in [0.1, 0.15) is 30.2 Å².